The van der Waals surface area contributed by atoms with Gasteiger partial charge in [0.1, 0.15) is 18.3 Å². The molecule has 244 valence electrons. The first-order valence-electron chi connectivity index (χ1n) is 15.1. The number of carbonyl (C=O) groups excluding carboxylic acids is 2. The van der Waals surface area contributed by atoms with Crippen LogP contribution in [0.5, 0.6) is 17.2 Å². The molecule has 3 aromatic carbocycles. The molecule has 10 nitrogen and oxygen atoms in total. The quantitative estimate of drug-likeness (QED) is 0.225. The molecule has 3 aromatic rings. The Kier molecular flexibility index (Phi) is 12.7. The Labute approximate surface area is 267 Å². The first-order chi connectivity index (χ1) is 21.5. The van der Waals surface area contributed by atoms with E-state index in [1.807, 2.05) is 58.9 Å². The van der Waals surface area contributed by atoms with E-state index >= 15 is 0 Å². The normalized spacial score (nSPS) is 12.5. The summed E-state index contributed by atoms with van der Waals surface area (Å²) in [6, 6.07) is 17.5. The molecule has 2 atom stereocenters. The van der Waals surface area contributed by atoms with E-state index in [1.165, 1.54) is 37.3 Å². The molecular formula is C34H45N3O7S. The lowest BCUT2D eigenvalue weighted by Gasteiger charge is -2.33. The number of rotatable bonds is 16. The van der Waals surface area contributed by atoms with Crippen molar-refractivity contribution >= 4 is 27.5 Å². The number of hydrogen-bond acceptors (Lipinski definition) is 7. The Morgan fingerprint density at radius 1 is 0.867 bits per heavy atom. The second kappa shape index (κ2) is 16.2. The van der Waals surface area contributed by atoms with Gasteiger partial charge in [-0.1, -0.05) is 43.7 Å². The van der Waals surface area contributed by atoms with Gasteiger partial charge in [0, 0.05) is 18.7 Å². The van der Waals surface area contributed by atoms with Gasteiger partial charge in [-0.2, -0.15) is 0 Å². The zero-order valence-corrected chi connectivity index (χ0v) is 28.0. The molecule has 0 bridgehead atoms. The second-order valence-corrected chi connectivity index (χ2v) is 12.6. The summed E-state index contributed by atoms with van der Waals surface area (Å²) in [6.07, 6.45) is 1.06. The smallest absolute Gasteiger partial charge is 0.264 e. The Bertz CT molecular complexity index is 1530. The topological polar surface area (TPSA) is 114 Å². The summed E-state index contributed by atoms with van der Waals surface area (Å²) in [5.74, 6) is 0.333. The average molecular weight is 640 g/mol. The lowest BCUT2D eigenvalue weighted by Crippen LogP contribution is -2.53. The SMILES string of the molecule is CCOc1ccc(N(CC(=O)N(Cc2ccc(C)cc2)[C@@H](CC)C(=O)N[C@H](C)CC)S(=O)(=O)c2ccc(OC)c(OC)c2)cc1. The van der Waals surface area contributed by atoms with Gasteiger partial charge in [-0.05, 0) is 75.6 Å². The average Bonchev–Trinajstić information content (AvgIpc) is 3.04. The first-order valence-corrected chi connectivity index (χ1v) is 16.6. The Hall–Kier alpha value is -4.25. The van der Waals surface area contributed by atoms with E-state index in [0.29, 0.717) is 24.5 Å². The molecule has 0 spiro atoms. The van der Waals surface area contributed by atoms with E-state index in [0.717, 1.165) is 21.9 Å². The molecule has 0 saturated heterocycles. The van der Waals surface area contributed by atoms with E-state index in [1.54, 1.807) is 24.3 Å². The van der Waals surface area contributed by atoms with Crippen molar-refractivity contribution in [2.75, 3.05) is 31.7 Å². The highest BCUT2D eigenvalue weighted by molar-refractivity contribution is 7.92. The van der Waals surface area contributed by atoms with Crippen LogP contribution in [0.25, 0.3) is 0 Å². The molecule has 0 unspecified atom stereocenters. The minimum absolute atomic E-state index is 0.0892. The summed E-state index contributed by atoms with van der Waals surface area (Å²) >= 11 is 0. The molecule has 0 heterocycles. The van der Waals surface area contributed by atoms with Crippen LogP contribution in [0.15, 0.2) is 71.6 Å². The van der Waals surface area contributed by atoms with E-state index in [-0.39, 0.29) is 34.8 Å². The van der Waals surface area contributed by atoms with E-state index in [4.69, 9.17) is 14.2 Å². The standard InChI is InChI=1S/C34H45N3O7S/c1-8-25(5)35-34(39)30(9-2)36(22-26-13-11-24(4)12-14-26)33(38)23-37(27-15-17-28(18-16-27)44-10-3)45(40,41)29-19-20-31(42-6)32(21-29)43-7/h11-21,25,30H,8-10,22-23H2,1-7H3,(H,35,39)/t25-,30+/m1/s1. The molecule has 0 fully saturated rings. The maximum absolute atomic E-state index is 14.3. The van der Waals surface area contributed by atoms with Crippen LogP contribution in [-0.4, -0.2) is 64.6 Å². The van der Waals surface area contributed by atoms with Crippen LogP contribution < -0.4 is 23.8 Å². The number of nitrogens with one attached hydrogen (secondary N) is 1. The summed E-state index contributed by atoms with van der Waals surface area (Å²) in [7, 11) is -1.43. The van der Waals surface area contributed by atoms with Gasteiger partial charge in [-0.15, -0.1) is 0 Å². The zero-order valence-electron chi connectivity index (χ0n) is 27.2. The van der Waals surface area contributed by atoms with Gasteiger partial charge in [-0.25, -0.2) is 8.42 Å². The second-order valence-electron chi connectivity index (χ2n) is 10.7. The van der Waals surface area contributed by atoms with Gasteiger partial charge in [0.15, 0.2) is 11.5 Å². The number of nitrogens with zero attached hydrogens (tertiary/aromatic N) is 2. The number of anilines is 1. The summed E-state index contributed by atoms with van der Waals surface area (Å²) in [6.45, 7) is 9.54. The highest BCUT2D eigenvalue weighted by Gasteiger charge is 2.34. The molecule has 1 N–H and O–H groups in total. The molecule has 2 amide bonds. The van der Waals surface area contributed by atoms with E-state index < -0.39 is 28.5 Å². The van der Waals surface area contributed by atoms with Crippen LogP contribution in [0.2, 0.25) is 0 Å². The lowest BCUT2D eigenvalue weighted by molar-refractivity contribution is -0.140. The fourth-order valence-corrected chi connectivity index (χ4v) is 6.19. The predicted octanol–water partition coefficient (Wildman–Crippen LogP) is 5.33. The van der Waals surface area contributed by atoms with Crippen LogP contribution >= 0.6 is 0 Å². The Morgan fingerprint density at radius 2 is 1.51 bits per heavy atom. The van der Waals surface area contributed by atoms with Gasteiger partial charge in [0.2, 0.25) is 11.8 Å². The number of aryl methyl sites for hydroxylation is 1. The summed E-state index contributed by atoms with van der Waals surface area (Å²) < 4.78 is 45.8. The van der Waals surface area contributed by atoms with Crippen molar-refractivity contribution < 1.29 is 32.2 Å². The van der Waals surface area contributed by atoms with Crippen molar-refractivity contribution in [1.82, 2.24) is 10.2 Å². The highest BCUT2D eigenvalue weighted by atomic mass is 32.2. The van der Waals surface area contributed by atoms with Crippen molar-refractivity contribution in [2.45, 2.75) is 71.0 Å². The number of methoxy groups -OCH3 is 2. The van der Waals surface area contributed by atoms with Crippen LogP contribution in [0.1, 0.15) is 51.7 Å². The summed E-state index contributed by atoms with van der Waals surface area (Å²) in [5, 5.41) is 2.99. The number of amides is 2. The minimum atomic E-state index is -4.31. The molecule has 3 rings (SSSR count). The number of ether oxygens (including phenoxy) is 3. The van der Waals surface area contributed by atoms with Crippen LogP contribution in [0.3, 0.4) is 0 Å². The third-order valence-corrected chi connectivity index (χ3v) is 9.29. The fraction of sp³-hybridized carbons (Fsp3) is 0.412. The highest BCUT2D eigenvalue weighted by Crippen LogP contribution is 2.33. The van der Waals surface area contributed by atoms with Crippen LogP contribution in [0.4, 0.5) is 5.69 Å². The summed E-state index contributed by atoms with van der Waals surface area (Å²) in [4.78, 5) is 29.1. The van der Waals surface area contributed by atoms with Gasteiger partial charge in [0.25, 0.3) is 10.0 Å². The van der Waals surface area contributed by atoms with Gasteiger partial charge in [-0.3, -0.25) is 13.9 Å². The van der Waals surface area contributed by atoms with Crippen LogP contribution in [0, 0.1) is 6.92 Å². The molecule has 11 heteroatoms. The third kappa shape index (κ3) is 8.91. The van der Waals surface area contributed by atoms with Gasteiger partial charge >= 0.3 is 0 Å². The monoisotopic (exact) mass is 639 g/mol. The Morgan fingerprint density at radius 3 is 2.07 bits per heavy atom. The van der Waals surface area contributed by atoms with E-state index in [9.17, 15) is 18.0 Å². The Balaban J connectivity index is 2.11. The molecule has 0 aliphatic carbocycles. The van der Waals surface area contributed by atoms with Gasteiger partial charge < -0.3 is 24.4 Å². The molecule has 45 heavy (non-hydrogen) atoms. The minimum Gasteiger partial charge on any atom is -0.494 e. The maximum Gasteiger partial charge on any atom is 0.264 e. The molecule has 0 aliphatic rings. The summed E-state index contributed by atoms with van der Waals surface area (Å²) in [5.41, 5.74) is 2.13. The van der Waals surface area contributed by atoms with Gasteiger partial charge in [0.05, 0.1) is 31.4 Å². The first kappa shape index (κ1) is 35.2. The number of sulfonamides is 1. The fourth-order valence-electron chi connectivity index (χ4n) is 4.76. The molecule has 0 aromatic heterocycles. The molecular weight excluding hydrogens is 594 g/mol. The van der Waals surface area contributed by atoms with Crippen molar-refractivity contribution in [1.29, 1.82) is 0 Å². The zero-order chi connectivity index (χ0) is 33.1. The molecule has 0 aliphatic heterocycles. The van der Waals surface area contributed by atoms with Crippen molar-refractivity contribution in [2.24, 2.45) is 0 Å². The maximum atomic E-state index is 14.3. The van der Waals surface area contributed by atoms with Crippen LogP contribution in [-0.2, 0) is 26.2 Å². The van der Waals surface area contributed by atoms with Crippen molar-refractivity contribution in [3.63, 3.8) is 0 Å². The predicted molar refractivity (Wildman–Crippen MR) is 175 cm³/mol. The largest absolute Gasteiger partial charge is 0.494 e. The van der Waals surface area contributed by atoms with Crippen molar-refractivity contribution in [3.05, 3.63) is 77.9 Å². The third-order valence-electron chi connectivity index (χ3n) is 7.52. The number of benzene rings is 3. The number of hydrogen-bond donors (Lipinski definition) is 1. The number of carbonyl (C=O) groups is 2. The van der Waals surface area contributed by atoms with Crippen molar-refractivity contribution in [3.8, 4) is 17.2 Å². The molecule has 0 radical (unpaired) electrons. The van der Waals surface area contributed by atoms with E-state index in [2.05, 4.69) is 5.32 Å². The molecule has 0 saturated carbocycles. The lowest BCUT2D eigenvalue weighted by atomic mass is 10.1.